The Kier molecular flexibility index (Phi) is 9.02. The first-order chi connectivity index (χ1) is 19.8. The lowest BCUT2D eigenvalue weighted by Gasteiger charge is -2.33. The number of amides is 5. The van der Waals surface area contributed by atoms with Gasteiger partial charge in [0, 0.05) is 19.6 Å². The second-order valence-electron chi connectivity index (χ2n) is 9.72. The average molecular weight is 602 g/mol. The fraction of sp³-hybridized carbons (Fsp3) is 0.320. The van der Waals surface area contributed by atoms with Crippen molar-refractivity contribution in [3.8, 4) is 5.75 Å². The maximum atomic E-state index is 13.5. The van der Waals surface area contributed by atoms with E-state index in [4.69, 9.17) is 4.65 Å². The predicted molar refractivity (Wildman–Crippen MR) is 145 cm³/mol. The minimum atomic E-state index is -4.38. The van der Waals surface area contributed by atoms with E-state index in [-0.39, 0.29) is 48.5 Å². The Bertz CT molecular complexity index is 1460. The van der Waals surface area contributed by atoms with Gasteiger partial charge in [0.25, 0.3) is 0 Å². The molecular formula is C25H28BN4O11P. The Morgan fingerprint density at radius 1 is 1.10 bits per heavy atom. The van der Waals surface area contributed by atoms with Gasteiger partial charge in [-0.1, -0.05) is 36.4 Å². The summed E-state index contributed by atoms with van der Waals surface area (Å²) in [7, 11) is -6.03. The molecule has 0 bridgehead atoms. The number of hydrogen-bond acceptors (Lipinski definition) is 8. The molecule has 5 amide bonds. The topological polar surface area (TPSA) is 223 Å². The SMILES string of the molecule is CCN1CCN(C(=O)NC(C(=O)N[C@H]2Cc3cccc(C(=O)O)c3OB2O)c2ccc(CP(=O)(O)O)cc2)C(=O)C1=O. The molecule has 222 valence electrons. The van der Waals surface area contributed by atoms with Gasteiger partial charge in [0.15, 0.2) is 0 Å². The Morgan fingerprint density at radius 2 is 1.79 bits per heavy atom. The molecule has 2 aliphatic rings. The van der Waals surface area contributed by atoms with Gasteiger partial charge in [0.1, 0.15) is 11.8 Å². The van der Waals surface area contributed by atoms with Crippen molar-refractivity contribution >= 4 is 44.4 Å². The van der Waals surface area contributed by atoms with Crippen LogP contribution >= 0.6 is 7.60 Å². The smallest absolute Gasteiger partial charge is 0.534 e. The zero-order chi connectivity index (χ0) is 30.8. The van der Waals surface area contributed by atoms with Crippen LogP contribution in [-0.4, -0.2) is 92.1 Å². The van der Waals surface area contributed by atoms with Crippen molar-refractivity contribution < 1.29 is 53.1 Å². The lowest BCUT2D eigenvalue weighted by Crippen LogP contribution is -2.60. The van der Waals surface area contributed by atoms with Crippen LogP contribution in [0, 0.1) is 0 Å². The minimum Gasteiger partial charge on any atom is -0.534 e. The predicted octanol–water partition coefficient (Wildman–Crippen LogP) is -0.356. The summed E-state index contributed by atoms with van der Waals surface area (Å²) >= 11 is 0. The average Bonchev–Trinajstić information content (AvgIpc) is 2.92. The lowest BCUT2D eigenvalue weighted by atomic mass is 9.72. The van der Waals surface area contributed by atoms with Crippen LogP contribution in [0.4, 0.5) is 4.79 Å². The van der Waals surface area contributed by atoms with Crippen LogP contribution in [0.1, 0.15) is 40.0 Å². The lowest BCUT2D eigenvalue weighted by molar-refractivity contribution is -0.153. The molecule has 1 saturated heterocycles. The number of urea groups is 1. The summed E-state index contributed by atoms with van der Waals surface area (Å²) in [6.45, 7) is 1.94. The molecule has 0 saturated carbocycles. The highest BCUT2D eigenvalue weighted by atomic mass is 31.2. The summed E-state index contributed by atoms with van der Waals surface area (Å²) in [5, 5.41) is 25.0. The van der Waals surface area contributed by atoms with E-state index in [0.29, 0.717) is 10.5 Å². The van der Waals surface area contributed by atoms with Crippen LogP contribution in [0.2, 0.25) is 0 Å². The number of fused-ring (bicyclic) bond motifs is 1. The molecular weight excluding hydrogens is 574 g/mol. The number of nitrogens with zero attached hydrogens (tertiary/aromatic N) is 2. The number of carboxylic acids is 1. The number of carboxylic acid groups (broad SMARTS) is 1. The summed E-state index contributed by atoms with van der Waals surface area (Å²) in [4.78, 5) is 83.5. The van der Waals surface area contributed by atoms with Crippen LogP contribution in [0.15, 0.2) is 42.5 Å². The van der Waals surface area contributed by atoms with E-state index >= 15 is 0 Å². The molecule has 2 aromatic carbocycles. The number of piperazine rings is 1. The number of hydrogen-bond donors (Lipinski definition) is 6. The first-order valence-electron chi connectivity index (χ1n) is 12.8. The van der Waals surface area contributed by atoms with E-state index in [1.165, 1.54) is 41.3 Å². The fourth-order valence-electron chi connectivity index (χ4n) is 4.71. The second kappa shape index (κ2) is 12.3. The van der Waals surface area contributed by atoms with Gasteiger partial charge in [-0.25, -0.2) is 9.59 Å². The molecule has 42 heavy (non-hydrogen) atoms. The number of aromatic carboxylic acids is 1. The number of para-hydroxylation sites is 1. The summed E-state index contributed by atoms with van der Waals surface area (Å²) < 4.78 is 16.8. The Balaban J connectivity index is 1.58. The van der Waals surface area contributed by atoms with Crippen molar-refractivity contribution in [2.24, 2.45) is 0 Å². The van der Waals surface area contributed by atoms with Gasteiger partial charge < -0.3 is 40.1 Å². The molecule has 0 aliphatic carbocycles. The molecule has 2 heterocycles. The first kappa shape index (κ1) is 30.7. The maximum absolute atomic E-state index is 13.5. The Hall–Kier alpha value is -4.24. The van der Waals surface area contributed by atoms with Gasteiger partial charge in [-0.2, -0.15) is 0 Å². The van der Waals surface area contributed by atoms with Gasteiger partial charge in [0.05, 0.1) is 17.7 Å². The normalized spacial score (nSPS) is 17.7. The first-order valence-corrected chi connectivity index (χ1v) is 14.6. The molecule has 1 unspecified atom stereocenters. The molecule has 4 rings (SSSR count). The van der Waals surface area contributed by atoms with Crippen molar-refractivity contribution in [3.05, 3.63) is 64.7 Å². The molecule has 2 aliphatic heterocycles. The third-order valence-electron chi connectivity index (χ3n) is 6.84. The quantitative estimate of drug-likeness (QED) is 0.130. The van der Waals surface area contributed by atoms with Crippen LogP contribution in [0.25, 0.3) is 0 Å². The Labute approximate surface area is 239 Å². The number of imide groups is 1. The zero-order valence-corrected chi connectivity index (χ0v) is 23.2. The molecule has 6 N–H and O–H groups in total. The summed E-state index contributed by atoms with van der Waals surface area (Å²) in [5.41, 5.74) is 0.669. The fourth-order valence-corrected chi connectivity index (χ4v) is 5.39. The van der Waals surface area contributed by atoms with E-state index in [0.717, 1.165) is 0 Å². The molecule has 2 aromatic rings. The zero-order valence-electron chi connectivity index (χ0n) is 22.3. The van der Waals surface area contributed by atoms with Crippen LogP contribution < -0.4 is 15.3 Å². The van der Waals surface area contributed by atoms with Crippen LogP contribution in [0.3, 0.4) is 0 Å². The number of benzene rings is 2. The van der Waals surface area contributed by atoms with Crippen LogP contribution in [0.5, 0.6) is 5.75 Å². The Morgan fingerprint density at radius 3 is 2.40 bits per heavy atom. The highest BCUT2D eigenvalue weighted by molar-refractivity contribution is 7.50. The van der Waals surface area contributed by atoms with E-state index in [1.54, 1.807) is 13.0 Å². The maximum Gasteiger partial charge on any atom is 0.547 e. The monoisotopic (exact) mass is 602 g/mol. The largest absolute Gasteiger partial charge is 0.547 e. The third-order valence-corrected chi connectivity index (χ3v) is 7.62. The number of rotatable bonds is 8. The van der Waals surface area contributed by atoms with Crippen molar-refractivity contribution in [3.63, 3.8) is 0 Å². The van der Waals surface area contributed by atoms with Crippen LogP contribution in [-0.2, 0) is 31.5 Å². The molecule has 17 heteroatoms. The van der Waals surface area contributed by atoms with E-state index < -0.39 is 62.6 Å². The number of nitrogens with one attached hydrogen (secondary N) is 2. The van der Waals surface area contributed by atoms with E-state index in [9.17, 15) is 48.5 Å². The van der Waals surface area contributed by atoms with Gasteiger partial charge in [-0.05, 0) is 36.1 Å². The molecule has 0 spiro atoms. The molecule has 0 aromatic heterocycles. The molecule has 2 atom stereocenters. The summed E-state index contributed by atoms with van der Waals surface area (Å²) in [5.74, 6) is -5.16. The number of carbonyl (C=O) groups excluding carboxylic acids is 4. The molecule has 0 radical (unpaired) electrons. The van der Waals surface area contributed by atoms with Gasteiger partial charge in [0.2, 0.25) is 5.91 Å². The highest BCUT2D eigenvalue weighted by Crippen LogP contribution is 2.39. The number of likely N-dealkylation sites (N-methyl/N-ethyl adjacent to an activating group) is 1. The second-order valence-corrected chi connectivity index (χ2v) is 11.4. The number of carbonyl (C=O) groups is 5. The van der Waals surface area contributed by atoms with Crippen molar-refractivity contribution in [1.82, 2.24) is 20.4 Å². The van der Waals surface area contributed by atoms with Crippen molar-refractivity contribution in [2.45, 2.75) is 31.5 Å². The van der Waals surface area contributed by atoms with Gasteiger partial charge in [-0.3, -0.25) is 23.8 Å². The molecule has 1 fully saturated rings. The van der Waals surface area contributed by atoms with E-state index in [1.807, 2.05) is 0 Å². The van der Waals surface area contributed by atoms with Gasteiger partial charge >= 0.3 is 38.5 Å². The van der Waals surface area contributed by atoms with E-state index in [2.05, 4.69) is 10.6 Å². The molecule has 15 nitrogen and oxygen atoms in total. The van der Waals surface area contributed by atoms with Crippen molar-refractivity contribution in [1.29, 1.82) is 0 Å². The van der Waals surface area contributed by atoms with Gasteiger partial charge in [-0.15, -0.1) is 0 Å². The standard InChI is InChI=1S/C25H28BN4O11P/c1-2-29-10-11-30(23(33)22(29)32)25(36)28-19(15-8-6-14(7-9-15)13-42(38,39)40)21(31)27-18-12-16-4-3-5-17(24(34)35)20(16)41-26(18)37/h3-9,18-19,37H,2,10-13H2,1H3,(H,27,31)(H,28,36)(H,34,35)(H2,38,39,40)/t18-,19?/m0/s1. The summed E-state index contributed by atoms with van der Waals surface area (Å²) in [6.07, 6.45) is -0.574. The minimum absolute atomic E-state index is 0.0167. The van der Waals surface area contributed by atoms with Crippen molar-refractivity contribution in [2.75, 3.05) is 19.6 Å². The third kappa shape index (κ3) is 6.79. The highest BCUT2D eigenvalue weighted by Gasteiger charge is 2.41. The summed E-state index contributed by atoms with van der Waals surface area (Å²) in [6, 6.07) is 7.30.